The van der Waals surface area contributed by atoms with Crippen LogP contribution in [0, 0.1) is 13.8 Å². The Bertz CT molecular complexity index is 919. The molecule has 0 aliphatic carbocycles. The van der Waals surface area contributed by atoms with E-state index < -0.39 is 16.1 Å². The lowest BCUT2D eigenvalue weighted by Gasteiger charge is -2.30. The van der Waals surface area contributed by atoms with Crippen LogP contribution in [0.4, 0.5) is 5.69 Å². The topological polar surface area (TPSA) is 75.7 Å². The molecule has 0 aliphatic rings. The molecule has 6 nitrogen and oxygen atoms in total. The minimum absolute atomic E-state index is 0.276. The Balaban J connectivity index is 2.25. The number of anilines is 1. The third-order valence-corrected chi connectivity index (χ3v) is 5.77. The maximum atomic E-state index is 12.8. The van der Waals surface area contributed by atoms with E-state index in [4.69, 9.17) is 4.74 Å². The smallest absolute Gasteiger partial charge is 0.244 e. The van der Waals surface area contributed by atoms with Gasteiger partial charge in [0.1, 0.15) is 11.8 Å². The van der Waals surface area contributed by atoms with Gasteiger partial charge in [-0.25, -0.2) is 8.42 Å². The van der Waals surface area contributed by atoms with Crippen LogP contribution in [-0.4, -0.2) is 33.7 Å². The quantitative estimate of drug-likeness (QED) is 0.768. The summed E-state index contributed by atoms with van der Waals surface area (Å²) in [7, 11) is -2.06. The average molecular weight is 405 g/mol. The number of methoxy groups -OCH3 is 1. The van der Waals surface area contributed by atoms with Crippen LogP contribution in [-0.2, 0) is 14.8 Å². The molecule has 0 radical (unpaired) electrons. The van der Waals surface area contributed by atoms with Crippen molar-refractivity contribution in [1.29, 1.82) is 0 Å². The molecule has 2 rings (SSSR count). The molecule has 0 unspecified atom stereocenters. The van der Waals surface area contributed by atoms with Gasteiger partial charge in [-0.2, -0.15) is 0 Å². The summed E-state index contributed by atoms with van der Waals surface area (Å²) in [6, 6.07) is 11.7. The van der Waals surface area contributed by atoms with Crippen LogP contribution < -0.4 is 14.4 Å². The first-order valence-corrected chi connectivity index (χ1v) is 10.9. The molecule has 0 spiro atoms. The number of rotatable bonds is 7. The van der Waals surface area contributed by atoms with Gasteiger partial charge in [-0.3, -0.25) is 9.10 Å². The van der Waals surface area contributed by atoms with Crippen LogP contribution in [0.2, 0.25) is 0 Å². The van der Waals surface area contributed by atoms with Crippen LogP contribution in [0.3, 0.4) is 0 Å². The molecule has 0 saturated heterocycles. The third kappa shape index (κ3) is 5.25. The van der Waals surface area contributed by atoms with Crippen molar-refractivity contribution in [2.45, 2.75) is 39.8 Å². The first-order chi connectivity index (χ1) is 13.0. The maximum Gasteiger partial charge on any atom is 0.244 e. The number of ether oxygens (including phenoxy) is 1. The van der Waals surface area contributed by atoms with Gasteiger partial charge in [0.2, 0.25) is 15.9 Å². The number of carbonyl (C=O) groups excluding carboxylic acids is 1. The van der Waals surface area contributed by atoms with Gasteiger partial charge in [0.25, 0.3) is 0 Å². The highest BCUT2D eigenvalue weighted by atomic mass is 32.2. The molecule has 2 aromatic carbocycles. The molecule has 28 heavy (non-hydrogen) atoms. The Kier molecular flexibility index (Phi) is 6.72. The molecule has 1 amide bonds. The predicted octanol–water partition coefficient (Wildman–Crippen LogP) is 3.34. The normalized spacial score (nSPS) is 13.5. The largest absolute Gasteiger partial charge is 0.497 e. The predicted molar refractivity (Wildman–Crippen MR) is 112 cm³/mol. The van der Waals surface area contributed by atoms with Crippen LogP contribution in [0.25, 0.3) is 0 Å². The van der Waals surface area contributed by atoms with Crippen LogP contribution in [0.1, 0.15) is 36.6 Å². The Morgan fingerprint density at radius 3 is 2.04 bits per heavy atom. The standard InChI is InChI=1S/C21H28N2O4S/c1-14-11-15(2)13-19(12-14)23(28(6,25)26)17(4)21(24)22-16(3)18-7-9-20(27-5)10-8-18/h7-13,16-17H,1-6H3,(H,22,24)/t16-,17+/m0/s1. The summed E-state index contributed by atoms with van der Waals surface area (Å²) in [5.74, 6) is 0.363. The summed E-state index contributed by atoms with van der Waals surface area (Å²) in [6.07, 6.45) is 1.11. The number of sulfonamides is 1. The van der Waals surface area contributed by atoms with Crippen molar-refractivity contribution in [2.75, 3.05) is 17.7 Å². The highest BCUT2D eigenvalue weighted by molar-refractivity contribution is 7.92. The molecule has 1 N–H and O–H groups in total. The Morgan fingerprint density at radius 1 is 1.04 bits per heavy atom. The Hall–Kier alpha value is -2.54. The minimum atomic E-state index is -3.65. The van der Waals surface area contributed by atoms with Gasteiger partial charge >= 0.3 is 0 Å². The van der Waals surface area contributed by atoms with Gasteiger partial charge in [-0.15, -0.1) is 0 Å². The van der Waals surface area contributed by atoms with E-state index in [0.29, 0.717) is 5.69 Å². The first-order valence-electron chi connectivity index (χ1n) is 9.05. The number of nitrogens with one attached hydrogen (secondary N) is 1. The lowest BCUT2D eigenvalue weighted by Crippen LogP contribution is -2.48. The summed E-state index contributed by atoms with van der Waals surface area (Å²) >= 11 is 0. The van der Waals surface area contributed by atoms with E-state index in [1.807, 2.05) is 51.1 Å². The van der Waals surface area contributed by atoms with Crippen molar-refractivity contribution in [2.24, 2.45) is 0 Å². The molecule has 7 heteroatoms. The number of aryl methyl sites for hydroxylation is 2. The van der Waals surface area contributed by atoms with Crippen molar-refractivity contribution < 1.29 is 17.9 Å². The minimum Gasteiger partial charge on any atom is -0.497 e. The molecule has 0 aromatic heterocycles. The Labute approximate surface area is 167 Å². The Morgan fingerprint density at radius 2 is 1.57 bits per heavy atom. The molecular formula is C21H28N2O4S. The zero-order chi connectivity index (χ0) is 21.1. The van der Waals surface area contributed by atoms with Crippen molar-refractivity contribution >= 4 is 21.6 Å². The fourth-order valence-electron chi connectivity index (χ4n) is 3.20. The molecule has 0 fully saturated rings. The highest BCUT2D eigenvalue weighted by Gasteiger charge is 2.30. The highest BCUT2D eigenvalue weighted by Crippen LogP contribution is 2.24. The summed E-state index contributed by atoms with van der Waals surface area (Å²) < 4.78 is 31.2. The summed E-state index contributed by atoms with van der Waals surface area (Å²) in [5, 5.41) is 2.90. The number of carbonyl (C=O) groups is 1. The van der Waals surface area contributed by atoms with Crippen LogP contribution in [0.15, 0.2) is 42.5 Å². The van der Waals surface area contributed by atoms with Crippen molar-refractivity contribution in [3.8, 4) is 5.75 Å². The zero-order valence-corrected chi connectivity index (χ0v) is 18.0. The molecule has 0 bridgehead atoms. The van der Waals surface area contributed by atoms with Gasteiger partial charge in [-0.05, 0) is 68.7 Å². The lowest BCUT2D eigenvalue weighted by molar-refractivity contribution is -0.122. The van der Waals surface area contributed by atoms with Gasteiger partial charge < -0.3 is 10.1 Å². The number of nitrogens with zero attached hydrogens (tertiary/aromatic N) is 1. The van der Waals surface area contributed by atoms with E-state index >= 15 is 0 Å². The van der Waals surface area contributed by atoms with E-state index in [0.717, 1.165) is 28.7 Å². The number of benzene rings is 2. The SMILES string of the molecule is COc1ccc([C@H](C)NC(=O)[C@@H](C)N(c2cc(C)cc(C)c2)S(C)(=O)=O)cc1. The monoisotopic (exact) mass is 404 g/mol. The fraction of sp³-hybridized carbons (Fsp3) is 0.381. The summed E-state index contributed by atoms with van der Waals surface area (Å²) in [6.45, 7) is 7.24. The van der Waals surface area contributed by atoms with E-state index in [2.05, 4.69) is 5.32 Å². The molecule has 2 atom stereocenters. The molecule has 0 saturated carbocycles. The molecule has 0 heterocycles. The maximum absolute atomic E-state index is 12.8. The second kappa shape index (κ2) is 8.65. The lowest BCUT2D eigenvalue weighted by atomic mass is 10.1. The molecule has 2 aromatic rings. The van der Waals surface area contributed by atoms with Gasteiger partial charge in [-0.1, -0.05) is 18.2 Å². The summed E-state index contributed by atoms with van der Waals surface area (Å²) in [4.78, 5) is 12.8. The van der Waals surface area contributed by atoms with Crippen molar-refractivity contribution in [3.05, 3.63) is 59.2 Å². The molecule has 0 aliphatic heterocycles. The molecule has 152 valence electrons. The second-order valence-corrected chi connectivity index (χ2v) is 8.94. The van der Waals surface area contributed by atoms with E-state index in [1.165, 1.54) is 4.31 Å². The van der Waals surface area contributed by atoms with Crippen LogP contribution >= 0.6 is 0 Å². The average Bonchev–Trinajstić information content (AvgIpc) is 2.59. The van der Waals surface area contributed by atoms with Gasteiger partial charge in [0, 0.05) is 0 Å². The number of amides is 1. The van der Waals surface area contributed by atoms with Gasteiger partial charge in [0.05, 0.1) is 25.1 Å². The molecular weight excluding hydrogens is 376 g/mol. The van der Waals surface area contributed by atoms with E-state index in [1.54, 1.807) is 26.2 Å². The first kappa shape index (κ1) is 21.8. The van der Waals surface area contributed by atoms with Gasteiger partial charge in [0.15, 0.2) is 0 Å². The van der Waals surface area contributed by atoms with E-state index in [9.17, 15) is 13.2 Å². The van der Waals surface area contributed by atoms with Crippen LogP contribution in [0.5, 0.6) is 5.75 Å². The summed E-state index contributed by atoms with van der Waals surface area (Å²) in [5.41, 5.74) is 3.25. The fourth-order valence-corrected chi connectivity index (χ4v) is 4.36. The second-order valence-electron chi connectivity index (χ2n) is 7.08. The number of hydrogen-bond donors (Lipinski definition) is 1. The third-order valence-electron chi connectivity index (χ3n) is 4.52. The van der Waals surface area contributed by atoms with Crippen molar-refractivity contribution in [1.82, 2.24) is 5.32 Å². The zero-order valence-electron chi connectivity index (χ0n) is 17.2. The number of hydrogen-bond acceptors (Lipinski definition) is 4. The van der Waals surface area contributed by atoms with Crippen molar-refractivity contribution in [3.63, 3.8) is 0 Å². The van der Waals surface area contributed by atoms with E-state index in [-0.39, 0.29) is 11.9 Å².